The molecule has 5 nitrogen and oxygen atoms in total. The second-order valence-electron chi connectivity index (χ2n) is 3.60. The number of aromatic nitrogens is 2. The number of halogens is 1. The van der Waals surface area contributed by atoms with E-state index in [-0.39, 0.29) is 12.2 Å². The monoisotopic (exact) mass is 253 g/mol. The maximum Gasteiger partial charge on any atom is 0.272 e. The van der Waals surface area contributed by atoms with E-state index < -0.39 is 0 Å². The fraction of sp³-hybridized carbons (Fsp3) is 0.273. The minimum absolute atomic E-state index is 0.111. The lowest BCUT2D eigenvalue weighted by Crippen LogP contribution is -2.13. The lowest BCUT2D eigenvalue weighted by atomic mass is 10.2. The molecule has 6 heteroatoms. The second kappa shape index (κ2) is 5.16. The van der Waals surface area contributed by atoms with Crippen molar-refractivity contribution in [3.8, 4) is 0 Å². The molecule has 0 spiro atoms. The zero-order valence-corrected chi connectivity index (χ0v) is 9.79. The summed E-state index contributed by atoms with van der Waals surface area (Å²) in [5.74, 6) is 0.588. The highest BCUT2D eigenvalue weighted by Crippen LogP contribution is 2.20. The van der Waals surface area contributed by atoms with Crippen LogP contribution < -0.4 is 10.9 Å². The molecule has 0 saturated heterocycles. The highest BCUT2D eigenvalue weighted by atomic mass is 35.5. The quantitative estimate of drug-likeness (QED) is 0.719. The summed E-state index contributed by atoms with van der Waals surface area (Å²) in [5, 5.41) is 19.8. The molecule has 0 radical (unpaired) electrons. The van der Waals surface area contributed by atoms with E-state index in [0.717, 1.165) is 5.39 Å². The first-order valence-electron chi connectivity index (χ1n) is 5.25. The fourth-order valence-corrected chi connectivity index (χ4v) is 1.73. The molecule has 0 aliphatic rings. The van der Waals surface area contributed by atoms with Gasteiger partial charge in [0.05, 0.1) is 5.39 Å². The van der Waals surface area contributed by atoms with Crippen LogP contribution in [0.25, 0.3) is 10.8 Å². The molecular weight excluding hydrogens is 242 g/mol. The van der Waals surface area contributed by atoms with Gasteiger partial charge in [0.2, 0.25) is 0 Å². The van der Waals surface area contributed by atoms with E-state index in [0.29, 0.717) is 29.2 Å². The Kier molecular flexibility index (Phi) is 3.61. The molecule has 0 atom stereocenters. The Balaban J connectivity index is 2.43. The van der Waals surface area contributed by atoms with Crippen LogP contribution in [-0.2, 0) is 0 Å². The summed E-state index contributed by atoms with van der Waals surface area (Å²) in [6, 6.07) is 5.07. The maximum atomic E-state index is 11.6. The van der Waals surface area contributed by atoms with Gasteiger partial charge in [-0.05, 0) is 24.6 Å². The molecular formula is C11H12ClN3O2. The summed E-state index contributed by atoms with van der Waals surface area (Å²) in [6.45, 7) is 0.702. The van der Waals surface area contributed by atoms with Crippen molar-refractivity contribution in [2.24, 2.45) is 0 Å². The first-order valence-corrected chi connectivity index (χ1v) is 5.63. The molecule has 0 bridgehead atoms. The molecule has 1 aromatic carbocycles. The van der Waals surface area contributed by atoms with Gasteiger partial charge in [0.1, 0.15) is 0 Å². The van der Waals surface area contributed by atoms with E-state index in [4.69, 9.17) is 16.7 Å². The van der Waals surface area contributed by atoms with E-state index in [2.05, 4.69) is 15.5 Å². The third-order valence-corrected chi connectivity index (χ3v) is 2.61. The highest BCUT2D eigenvalue weighted by Gasteiger charge is 2.06. The summed E-state index contributed by atoms with van der Waals surface area (Å²) >= 11 is 5.84. The first-order chi connectivity index (χ1) is 8.22. The van der Waals surface area contributed by atoms with Crippen molar-refractivity contribution < 1.29 is 5.11 Å². The SMILES string of the molecule is O=c1[nH]nc(NCCCO)c2ccc(Cl)cc12. The zero-order chi connectivity index (χ0) is 12.3. The predicted molar refractivity (Wildman–Crippen MR) is 67.6 cm³/mol. The number of nitrogens with one attached hydrogen (secondary N) is 2. The Bertz CT molecular complexity index is 582. The standard InChI is InChI=1S/C11H12ClN3O2/c12-7-2-3-8-9(6-7)11(17)15-14-10(8)13-4-1-5-16/h2-3,6,16H,1,4-5H2,(H,13,14)(H,15,17). The lowest BCUT2D eigenvalue weighted by Gasteiger charge is -2.07. The number of aliphatic hydroxyl groups is 1. The third kappa shape index (κ3) is 2.57. The number of fused-ring (bicyclic) bond motifs is 1. The van der Waals surface area contributed by atoms with Crippen LogP contribution in [0.1, 0.15) is 6.42 Å². The highest BCUT2D eigenvalue weighted by molar-refractivity contribution is 6.31. The minimum Gasteiger partial charge on any atom is -0.396 e. The molecule has 0 fully saturated rings. The van der Waals surface area contributed by atoms with Crippen LogP contribution in [-0.4, -0.2) is 28.5 Å². The van der Waals surface area contributed by atoms with Crippen molar-refractivity contribution in [3.05, 3.63) is 33.6 Å². The van der Waals surface area contributed by atoms with E-state index >= 15 is 0 Å². The lowest BCUT2D eigenvalue weighted by molar-refractivity contribution is 0.292. The average Bonchev–Trinajstić information content (AvgIpc) is 2.33. The van der Waals surface area contributed by atoms with E-state index in [1.165, 1.54) is 0 Å². The van der Waals surface area contributed by atoms with Crippen molar-refractivity contribution in [3.63, 3.8) is 0 Å². The van der Waals surface area contributed by atoms with Crippen molar-refractivity contribution in [2.45, 2.75) is 6.42 Å². The molecule has 0 aliphatic heterocycles. The summed E-state index contributed by atoms with van der Waals surface area (Å²) in [4.78, 5) is 11.6. The van der Waals surface area contributed by atoms with Crippen molar-refractivity contribution in [1.29, 1.82) is 0 Å². The molecule has 0 aliphatic carbocycles. The van der Waals surface area contributed by atoms with E-state index in [1.54, 1.807) is 18.2 Å². The van der Waals surface area contributed by atoms with Crippen LogP contribution in [0.5, 0.6) is 0 Å². The number of benzene rings is 1. The maximum absolute atomic E-state index is 11.6. The van der Waals surface area contributed by atoms with Crippen LogP contribution in [0.4, 0.5) is 5.82 Å². The van der Waals surface area contributed by atoms with Gasteiger partial charge in [-0.1, -0.05) is 11.6 Å². The van der Waals surface area contributed by atoms with E-state index in [9.17, 15) is 4.79 Å². The Morgan fingerprint density at radius 3 is 3.00 bits per heavy atom. The topological polar surface area (TPSA) is 78.0 Å². The Labute approximate surface area is 102 Å². The molecule has 0 saturated carbocycles. The van der Waals surface area contributed by atoms with Crippen LogP contribution in [0, 0.1) is 0 Å². The smallest absolute Gasteiger partial charge is 0.272 e. The van der Waals surface area contributed by atoms with Gasteiger partial charge >= 0.3 is 0 Å². The summed E-state index contributed by atoms with van der Waals surface area (Å²) < 4.78 is 0. The molecule has 3 N–H and O–H groups in total. The molecule has 1 aromatic heterocycles. The number of hydrogen-bond donors (Lipinski definition) is 3. The number of nitrogens with zero attached hydrogens (tertiary/aromatic N) is 1. The Hall–Kier alpha value is -1.59. The van der Waals surface area contributed by atoms with Gasteiger partial charge in [0, 0.05) is 23.6 Å². The number of aromatic amines is 1. The second-order valence-corrected chi connectivity index (χ2v) is 4.03. The molecule has 0 unspecified atom stereocenters. The van der Waals surface area contributed by atoms with Crippen LogP contribution in [0.3, 0.4) is 0 Å². The molecule has 2 rings (SSSR count). The minimum atomic E-state index is -0.268. The number of hydrogen-bond acceptors (Lipinski definition) is 4. The molecule has 17 heavy (non-hydrogen) atoms. The molecule has 0 amide bonds. The van der Waals surface area contributed by atoms with Crippen molar-refractivity contribution >= 4 is 28.2 Å². The van der Waals surface area contributed by atoms with Crippen molar-refractivity contribution in [2.75, 3.05) is 18.5 Å². The zero-order valence-electron chi connectivity index (χ0n) is 9.03. The third-order valence-electron chi connectivity index (χ3n) is 2.38. The molecule has 2 aromatic rings. The number of rotatable bonds is 4. The van der Waals surface area contributed by atoms with Crippen LogP contribution >= 0.6 is 11.6 Å². The van der Waals surface area contributed by atoms with Gasteiger partial charge in [0.25, 0.3) is 5.56 Å². The Morgan fingerprint density at radius 2 is 2.24 bits per heavy atom. The molecule has 90 valence electrons. The molecule has 1 heterocycles. The number of H-pyrrole nitrogens is 1. The largest absolute Gasteiger partial charge is 0.396 e. The summed E-state index contributed by atoms with van der Waals surface area (Å²) in [6.07, 6.45) is 0.621. The van der Waals surface area contributed by atoms with E-state index in [1.807, 2.05) is 0 Å². The fourth-order valence-electron chi connectivity index (χ4n) is 1.56. The van der Waals surface area contributed by atoms with Gasteiger partial charge in [-0.25, -0.2) is 5.10 Å². The van der Waals surface area contributed by atoms with Gasteiger partial charge in [-0.2, -0.15) is 5.10 Å². The number of aliphatic hydroxyl groups excluding tert-OH is 1. The summed E-state index contributed by atoms with van der Waals surface area (Å²) in [5.41, 5.74) is -0.268. The van der Waals surface area contributed by atoms with Crippen LogP contribution in [0.2, 0.25) is 5.02 Å². The van der Waals surface area contributed by atoms with Gasteiger partial charge in [0.15, 0.2) is 5.82 Å². The van der Waals surface area contributed by atoms with Crippen LogP contribution in [0.15, 0.2) is 23.0 Å². The predicted octanol–water partition coefficient (Wildman–Crippen LogP) is 1.37. The van der Waals surface area contributed by atoms with Crippen molar-refractivity contribution in [1.82, 2.24) is 10.2 Å². The summed E-state index contributed by atoms with van der Waals surface area (Å²) in [7, 11) is 0. The number of anilines is 1. The van der Waals surface area contributed by atoms with Gasteiger partial charge in [-0.15, -0.1) is 0 Å². The first kappa shape index (κ1) is 11.9. The Morgan fingerprint density at radius 1 is 1.41 bits per heavy atom. The van der Waals surface area contributed by atoms with Gasteiger partial charge < -0.3 is 10.4 Å². The normalized spacial score (nSPS) is 10.7. The average molecular weight is 254 g/mol. The van der Waals surface area contributed by atoms with Gasteiger partial charge in [-0.3, -0.25) is 4.79 Å².